The van der Waals surface area contributed by atoms with E-state index in [2.05, 4.69) is 16.0 Å². The summed E-state index contributed by atoms with van der Waals surface area (Å²) in [5.41, 5.74) is 0.639. The second kappa shape index (κ2) is 11.4. The van der Waals surface area contributed by atoms with Crippen LogP contribution in [0.5, 0.6) is 11.5 Å². The number of hydrogen-bond donors (Lipinski definition) is 3. The highest BCUT2D eigenvalue weighted by Gasteiger charge is 2.17. The predicted molar refractivity (Wildman–Crippen MR) is 123 cm³/mol. The summed E-state index contributed by atoms with van der Waals surface area (Å²) in [6.07, 6.45) is 0. The third-order valence-electron chi connectivity index (χ3n) is 4.45. The molecule has 0 aromatic heterocycles. The number of urea groups is 2. The summed E-state index contributed by atoms with van der Waals surface area (Å²) in [6, 6.07) is 21.4. The first-order valence-corrected chi connectivity index (χ1v) is 10.2. The zero-order chi connectivity index (χ0) is 22.8. The maximum absolute atomic E-state index is 14.0. The van der Waals surface area contributed by atoms with Crippen molar-refractivity contribution < 1.29 is 18.7 Å². The van der Waals surface area contributed by atoms with Crippen LogP contribution in [0.1, 0.15) is 6.92 Å². The van der Waals surface area contributed by atoms with Crippen LogP contribution in [0.2, 0.25) is 0 Å². The molecule has 3 N–H and O–H groups in total. The fourth-order valence-corrected chi connectivity index (χ4v) is 2.92. The lowest BCUT2D eigenvalue weighted by Gasteiger charge is -2.24. The third kappa shape index (κ3) is 6.46. The standard InChI is InChI=1S/C24H25FN4O3/c1-2-26-23(30)27-16-17-29(24(31)28-22-11-7-6-10-21(22)25)18-12-14-20(15-13-18)32-19-8-4-3-5-9-19/h3-15H,2,16-17H2,1H3,(H,28,31)(H2,26,27,30). The van der Waals surface area contributed by atoms with Gasteiger partial charge in [0.05, 0.1) is 5.69 Å². The first-order valence-electron chi connectivity index (χ1n) is 10.2. The minimum Gasteiger partial charge on any atom is -0.457 e. The van der Waals surface area contributed by atoms with Gasteiger partial charge in [-0.25, -0.2) is 14.0 Å². The van der Waals surface area contributed by atoms with E-state index in [-0.39, 0.29) is 24.8 Å². The SMILES string of the molecule is CCNC(=O)NCCN(C(=O)Nc1ccccc1F)c1ccc(Oc2ccccc2)cc1. The number of carbonyl (C=O) groups is 2. The van der Waals surface area contributed by atoms with Crippen LogP contribution in [0, 0.1) is 5.82 Å². The molecule has 0 aliphatic heterocycles. The van der Waals surface area contributed by atoms with Gasteiger partial charge in [-0.3, -0.25) is 4.90 Å². The maximum atomic E-state index is 14.0. The van der Waals surface area contributed by atoms with Crippen molar-refractivity contribution in [2.24, 2.45) is 0 Å². The molecule has 0 radical (unpaired) electrons. The van der Waals surface area contributed by atoms with E-state index in [0.717, 1.165) is 0 Å². The quantitative estimate of drug-likeness (QED) is 0.466. The Balaban J connectivity index is 1.73. The molecule has 8 heteroatoms. The summed E-state index contributed by atoms with van der Waals surface area (Å²) in [7, 11) is 0. The van der Waals surface area contributed by atoms with E-state index >= 15 is 0 Å². The number of carbonyl (C=O) groups excluding carboxylic acids is 2. The molecule has 4 amide bonds. The average molecular weight is 436 g/mol. The van der Waals surface area contributed by atoms with E-state index in [1.807, 2.05) is 37.3 Å². The fraction of sp³-hybridized carbons (Fsp3) is 0.167. The van der Waals surface area contributed by atoms with Crippen molar-refractivity contribution in [1.82, 2.24) is 10.6 Å². The van der Waals surface area contributed by atoms with Crippen LogP contribution in [0.25, 0.3) is 0 Å². The number of para-hydroxylation sites is 2. The summed E-state index contributed by atoms with van der Waals surface area (Å²) in [5, 5.41) is 7.90. The van der Waals surface area contributed by atoms with Gasteiger partial charge >= 0.3 is 12.1 Å². The lowest BCUT2D eigenvalue weighted by molar-refractivity contribution is 0.241. The van der Waals surface area contributed by atoms with Crippen molar-refractivity contribution in [3.05, 3.63) is 84.7 Å². The highest BCUT2D eigenvalue weighted by atomic mass is 19.1. The van der Waals surface area contributed by atoms with Gasteiger partial charge in [-0.15, -0.1) is 0 Å². The summed E-state index contributed by atoms with van der Waals surface area (Å²) in [4.78, 5) is 26.0. The summed E-state index contributed by atoms with van der Waals surface area (Å²) in [5.74, 6) is 0.767. The molecule has 32 heavy (non-hydrogen) atoms. The van der Waals surface area contributed by atoms with Crippen LogP contribution in [-0.2, 0) is 0 Å². The van der Waals surface area contributed by atoms with Gasteiger partial charge in [-0.05, 0) is 55.5 Å². The van der Waals surface area contributed by atoms with Crippen molar-refractivity contribution >= 4 is 23.4 Å². The maximum Gasteiger partial charge on any atom is 0.326 e. The summed E-state index contributed by atoms with van der Waals surface area (Å²) < 4.78 is 19.8. The van der Waals surface area contributed by atoms with Gasteiger partial charge in [-0.1, -0.05) is 30.3 Å². The lowest BCUT2D eigenvalue weighted by atomic mass is 10.2. The minimum atomic E-state index is -0.534. The number of nitrogens with one attached hydrogen (secondary N) is 3. The second-order valence-corrected chi connectivity index (χ2v) is 6.76. The zero-order valence-corrected chi connectivity index (χ0v) is 17.7. The third-order valence-corrected chi connectivity index (χ3v) is 4.45. The predicted octanol–water partition coefficient (Wildman–Crippen LogP) is 4.98. The largest absolute Gasteiger partial charge is 0.457 e. The Morgan fingerprint density at radius 1 is 0.875 bits per heavy atom. The average Bonchev–Trinajstić information content (AvgIpc) is 2.80. The van der Waals surface area contributed by atoms with Gasteiger partial charge in [-0.2, -0.15) is 0 Å². The number of nitrogens with zero attached hydrogens (tertiary/aromatic N) is 1. The Morgan fingerprint density at radius 3 is 2.22 bits per heavy atom. The highest BCUT2D eigenvalue weighted by molar-refractivity contribution is 6.01. The highest BCUT2D eigenvalue weighted by Crippen LogP contribution is 2.25. The van der Waals surface area contributed by atoms with Crippen LogP contribution in [0.4, 0.5) is 25.4 Å². The van der Waals surface area contributed by atoms with E-state index in [1.54, 1.807) is 36.4 Å². The monoisotopic (exact) mass is 436 g/mol. The molecule has 0 aliphatic rings. The van der Waals surface area contributed by atoms with Crippen LogP contribution in [0.15, 0.2) is 78.9 Å². The number of hydrogen-bond acceptors (Lipinski definition) is 3. The molecule has 0 saturated heterocycles. The van der Waals surface area contributed by atoms with E-state index in [9.17, 15) is 14.0 Å². The smallest absolute Gasteiger partial charge is 0.326 e. The van der Waals surface area contributed by atoms with Crippen molar-refractivity contribution in [1.29, 1.82) is 0 Å². The Morgan fingerprint density at radius 2 is 1.53 bits per heavy atom. The second-order valence-electron chi connectivity index (χ2n) is 6.76. The van der Waals surface area contributed by atoms with Crippen molar-refractivity contribution in [2.75, 3.05) is 29.9 Å². The number of benzene rings is 3. The van der Waals surface area contributed by atoms with Gasteiger partial charge in [0.15, 0.2) is 0 Å². The molecule has 3 rings (SSSR count). The van der Waals surface area contributed by atoms with Crippen molar-refractivity contribution in [3.63, 3.8) is 0 Å². The van der Waals surface area contributed by atoms with Crippen LogP contribution in [0.3, 0.4) is 0 Å². The van der Waals surface area contributed by atoms with Crippen LogP contribution < -0.4 is 25.6 Å². The van der Waals surface area contributed by atoms with Crippen molar-refractivity contribution in [2.45, 2.75) is 6.92 Å². The number of amides is 4. The van der Waals surface area contributed by atoms with Gasteiger partial charge in [0.1, 0.15) is 17.3 Å². The zero-order valence-electron chi connectivity index (χ0n) is 17.7. The molecule has 166 valence electrons. The number of rotatable bonds is 8. The van der Waals surface area contributed by atoms with Crippen molar-refractivity contribution in [3.8, 4) is 11.5 Å². The summed E-state index contributed by atoms with van der Waals surface area (Å²) in [6.45, 7) is 2.69. The first-order chi connectivity index (χ1) is 15.6. The normalized spacial score (nSPS) is 10.2. The first kappa shape index (κ1) is 22.6. The molecule has 0 aliphatic carbocycles. The molecule has 3 aromatic rings. The molecule has 0 fully saturated rings. The molecule has 7 nitrogen and oxygen atoms in total. The van der Waals surface area contributed by atoms with E-state index in [0.29, 0.717) is 23.7 Å². The Hall–Kier alpha value is -4.07. The molecular weight excluding hydrogens is 411 g/mol. The number of anilines is 2. The van der Waals surface area contributed by atoms with Crippen LogP contribution in [-0.4, -0.2) is 31.7 Å². The number of ether oxygens (including phenoxy) is 1. The topological polar surface area (TPSA) is 82.7 Å². The molecule has 0 atom stereocenters. The van der Waals surface area contributed by atoms with Crippen LogP contribution >= 0.6 is 0 Å². The van der Waals surface area contributed by atoms with E-state index in [1.165, 1.54) is 17.0 Å². The van der Waals surface area contributed by atoms with Gasteiger partial charge in [0.2, 0.25) is 0 Å². The van der Waals surface area contributed by atoms with E-state index in [4.69, 9.17) is 4.74 Å². The van der Waals surface area contributed by atoms with E-state index < -0.39 is 11.8 Å². The number of halogens is 1. The molecule has 0 spiro atoms. The molecule has 0 heterocycles. The van der Waals surface area contributed by atoms with Gasteiger partial charge < -0.3 is 20.7 Å². The molecule has 3 aromatic carbocycles. The lowest BCUT2D eigenvalue weighted by Crippen LogP contribution is -2.43. The molecular formula is C24H25FN4O3. The summed E-state index contributed by atoms with van der Waals surface area (Å²) >= 11 is 0. The Bertz CT molecular complexity index is 1030. The van der Waals surface area contributed by atoms with Gasteiger partial charge in [0, 0.05) is 25.3 Å². The minimum absolute atomic E-state index is 0.0724. The fourth-order valence-electron chi connectivity index (χ4n) is 2.92. The molecule has 0 saturated carbocycles. The molecule has 0 unspecified atom stereocenters. The Kier molecular flexibility index (Phi) is 8.02. The molecule has 0 bridgehead atoms. The Labute approximate surface area is 186 Å². The van der Waals surface area contributed by atoms with Gasteiger partial charge in [0.25, 0.3) is 0 Å².